The standard InChI is InChI=1S/C30H48O4/c1-27(2)24-10-9-21-22(30(24,6)14-12-25(27)32)8-7-20-18(11-13-29(20,21)5)19-15-17(16-23(19)31)26(33)28(3,4)34/h9,17-20,22-24,26,31,33-34H,7-8,10-16H2,1-6H3/t17?,18-,19+,20-,22?,23?,24?,26+,29-,30+/m0/s1. The van der Waals surface area contributed by atoms with Crippen LogP contribution >= 0.6 is 0 Å². The van der Waals surface area contributed by atoms with Gasteiger partial charge in [-0.2, -0.15) is 0 Å². The van der Waals surface area contributed by atoms with Crippen LogP contribution in [0.1, 0.15) is 99.3 Å². The molecule has 192 valence electrons. The van der Waals surface area contributed by atoms with E-state index < -0.39 is 11.7 Å². The van der Waals surface area contributed by atoms with Crippen molar-refractivity contribution in [3.63, 3.8) is 0 Å². The van der Waals surface area contributed by atoms with Gasteiger partial charge in [-0.1, -0.05) is 39.3 Å². The summed E-state index contributed by atoms with van der Waals surface area (Å²) in [5.74, 6) is 2.75. The summed E-state index contributed by atoms with van der Waals surface area (Å²) in [6.07, 6.45) is 10.4. The van der Waals surface area contributed by atoms with Gasteiger partial charge in [-0.05, 0) is 112 Å². The summed E-state index contributed by atoms with van der Waals surface area (Å²) < 4.78 is 0. The summed E-state index contributed by atoms with van der Waals surface area (Å²) in [5.41, 5.74) is 0.725. The van der Waals surface area contributed by atoms with E-state index in [4.69, 9.17) is 0 Å². The molecule has 0 amide bonds. The molecule has 10 atom stereocenters. The first-order valence-corrected chi connectivity index (χ1v) is 14.0. The molecule has 5 rings (SSSR count). The SMILES string of the molecule is CC1(C)C(=O)CC[C@]2(C)C3CC[C@H]4[C@H]([C@H]5CC([C@@H](O)C(C)(C)O)CC5O)CC[C@]4(C)C3=CCC12. The van der Waals surface area contributed by atoms with Crippen molar-refractivity contribution < 1.29 is 20.1 Å². The van der Waals surface area contributed by atoms with Crippen molar-refractivity contribution >= 4 is 5.78 Å². The van der Waals surface area contributed by atoms with E-state index in [0.29, 0.717) is 35.9 Å². The van der Waals surface area contributed by atoms with E-state index in [2.05, 4.69) is 33.8 Å². The van der Waals surface area contributed by atoms with Gasteiger partial charge in [-0.25, -0.2) is 0 Å². The van der Waals surface area contributed by atoms with Crippen LogP contribution in [0.15, 0.2) is 11.6 Å². The molecule has 4 unspecified atom stereocenters. The van der Waals surface area contributed by atoms with E-state index >= 15 is 0 Å². The second-order valence-electron chi connectivity index (χ2n) is 14.5. The van der Waals surface area contributed by atoms with Crippen molar-refractivity contribution in [2.75, 3.05) is 0 Å². The van der Waals surface area contributed by atoms with E-state index in [0.717, 1.165) is 32.1 Å². The van der Waals surface area contributed by atoms with Crippen molar-refractivity contribution in [3.05, 3.63) is 11.6 Å². The number of hydrogen-bond donors (Lipinski definition) is 3. The summed E-state index contributed by atoms with van der Waals surface area (Å²) in [4.78, 5) is 12.8. The molecule has 5 aliphatic rings. The van der Waals surface area contributed by atoms with Gasteiger partial charge in [-0.3, -0.25) is 4.79 Å². The lowest BCUT2D eigenvalue weighted by molar-refractivity contribution is -0.144. The lowest BCUT2D eigenvalue weighted by atomic mass is 9.43. The van der Waals surface area contributed by atoms with Gasteiger partial charge >= 0.3 is 0 Å². The predicted octanol–water partition coefficient (Wildman–Crippen LogP) is 5.29. The van der Waals surface area contributed by atoms with Gasteiger partial charge in [0.05, 0.1) is 17.8 Å². The van der Waals surface area contributed by atoms with Crippen LogP contribution in [0.2, 0.25) is 0 Å². The highest BCUT2D eigenvalue weighted by Crippen LogP contribution is 2.69. The fourth-order valence-corrected chi connectivity index (χ4v) is 10.2. The number of rotatable bonds is 3. The molecule has 0 radical (unpaired) electrons. The van der Waals surface area contributed by atoms with Crippen LogP contribution < -0.4 is 0 Å². The van der Waals surface area contributed by atoms with Crippen molar-refractivity contribution in [1.29, 1.82) is 0 Å². The number of ketones is 1. The van der Waals surface area contributed by atoms with Crippen molar-refractivity contribution in [2.45, 2.75) is 117 Å². The molecule has 34 heavy (non-hydrogen) atoms. The number of Topliss-reactive ketones (excluding diaryl/α,β-unsaturated/α-hetero) is 1. The number of hydrogen-bond acceptors (Lipinski definition) is 4. The van der Waals surface area contributed by atoms with E-state index in [1.54, 1.807) is 19.4 Å². The Morgan fingerprint density at radius 2 is 1.74 bits per heavy atom. The maximum absolute atomic E-state index is 12.8. The van der Waals surface area contributed by atoms with E-state index in [9.17, 15) is 20.1 Å². The molecule has 4 nitrogen and oxygen atoms in total. The fourth-order valence-electron chi connectivity index (χ4n) is 10.2. The zero-order valence-electron chi connectivity index (χ0n) is 22.3. The van der Waals surface area contributed by atoms with Gasteiger partial charge in [-0.15, -0.1) is 0 Å². The normalized spacial score (nSPS) is 49.1. The summed E-state index contributed by atoms with van der Waals surface area (Å²) >= 11 is 0. The highest BCUT2D eigenvalue weighted by atomic mass is 16.3. The number of fused-ring (bicyclic) bond motifs is 5. The molecule has 5 aliphatic carbocycles. The van der Waals surface area contributed by atoms with Crippen LogP contribution in [0, 0.1) is 51.8 Å². The molecule has 0 spiro atoms. The van der Waals surface area contributed by atoms with Gasteiger partial charge in [0.1, 0.15) is 5.78 Å². The maximum atomic E-state index is 12.8. The van der Waals surface area contributed by atoms with E-state index in [1.807, 2.05) is 0 Å². The zero-order valence-corrected chi connectivity index (χ0v) is 22.3. The minimum Gasteiger partial charge on any atom is -0.393 e. The first-order valence-electron chi connectivity index (χ1n) is 14.0. The van der Waals surface area contributed by atoms with Crippen LogP contribution in [-0.2, 0) is 4.79 Å². The van der Waals surface area contributed by atoms with Crippen LogP contribution in [0.4, 0.5) is 0 Å². The Morgan fingerprint density at radius 1 is 1.03 bits per heavy atom. The minimum absolute atomic E-state index is 0.0289. The number of allylic oxidation sites excluding steroid dienone is 2. The quantitative estimate of drug-likeness (QED) is 0.488. The van der Waals surface area contributed by atoms with Gasteiger partial charge < -0.3 is 15.3 Å². The molecule has 0 aliphatic heterocycles. The number of carbonyl (C=O) groups excluding carboxylic acids is 1. The maximum Gasteiger partial charge on any atom is 0.138 e. The molecule has 0 heterocycles. The van der Waals surface area contributed by atoms with E-state index in [-0.39, 0.29) is 34.2 Å². The Morgan fingerprint density at radius 3 is 2.41 bits per heavy atom. The van der Waals surface area contributed by atoms with Gasteiger partial charge in [0.25, 0.3) is 0 Å². The molecule has 0 saturated heterocycles. The predicted molar refractivity (Wildman–Crippen MR) is 134 cm³/mol. The number of carbonyl (C=O) groups is 1. The molecular formula is C30H48O4. The minimum atomic E-state index is -1.13. The lowest BCUT2D eigenvalue weighted by Crippen LogP contribution is -2.55. The van der Waals surface area contributed by atoms with Crippen molar-refractivity contribution in [2.24, 2.45) is 51.8 Å². The summed E-state index contributed by atoms with van der Waals surface area (Å²) in [6.45, 7) is 12.7. The molecule has 0 aromatic carbocycles. The molecule has 4 fully saturated rings. The lowest BCUT2D eigenvalue weighted by Gasteiger charge is -2.60. The smallest absolute Gasteiger partial charge is 0.138 e. The van der Waals surface area contributed by atoms with Gasteiger partial charge in [0.2, 0.25) is 0 Å². The summed E-state index contributed by atoms with van der Waals surface area (Å²) in [7, 11) is 0. The van der Waals surface area contributed by atoms with Gasteiger partial charge in [0, 0.05) is 11.8 Å². The second kappa shape index (κ2) is 7.89. The third-order valence-electron chi connectivity index (χ3n) is 12.1. The molecule has 4 saturated carbocycles. The fraction of sp³-hybridized carbons (Fsp3) is 0.900. The Bertz CT molecular complexity index is 868. The molecule has 3 N–H and O–H groups in total. The third kappa shape index (κ3) is 3.44. The number of aliphatic hydroxyl groups excluding tert-OH is 2. The second-order valence-corrected chi connectivity index (χ2v) is 14.5. The van der Waals surface area contributed by atoms with Crippen molar-refractivity contribution in [1.82, 2.24) is 0 Å². The highest BCUT2D eigenvalue weighted by Gasteiger charge is 2.62. The van der Waals surface area contributed by atoms with Crippen LogP contribution in [-0.4, -0.2) is 38.9 Å². The summed E-state index contributed by atoms with van der Waals surface area (Å²) in [5, 5.41) is 32.1. The molecular weight excluding hydrogens is 424 g/mol. The Kier molecular flexibility index (Phi) is 5.79. The van der Waals surface area contributed by atoms with Crippen LogP contribution in [0.3, 0.4) is 0 Å². The van der Waals surface area contributed by atoms with Gasteiger partial charge in [0.15, 0.2) is 0 Å². The molecule has 0 aromatic heterocycles. The Hall–Kier alpha value is -0.710. The van der Waals surface area contributed by atoms with Crippen LogP contribution in [0.5, 0.6) is 0 Å². The first kappa shape index (κ1) is 25.0. The monoisotopic (exact) mass is 472 g/mol. The molecule has 4 heteroatoms. The Labute approximate surface area is 206 Å². The van der Waals surface area contributed by atoms with Crippen LogP contribution in [0.25, 0.3) is 0 Å². The third-order valence-corrected chi connectivity index (χ3v) is 12.1. The zero-order chi connectivity index (χ0) is 24.8. The highest BCUT2D eigenvalue weighted by molar-refractivity contribution is 5.85. The van der Waals surface area contributed by atoms with E-state index in [1.165, 1.54) is 19.3 Å². The average molecular weight is 473 g/mol. The van der Waals surface area contributed by atoms with Crippen molar-refractivity contribution in [3.8, 4) is 0 Å². The largest absolute Gasteiger partial charge is 0.393 e. The Balaban J connectivity index is 1.40. The topological polar surface area (TPSA) is 77.8 Å². The summed E-state index contributed by atoms with van der Waals surface area (Å²) in [6, 6.07) is 0. The first-order chi connectivity index (χ1) is 15.7. The molecule has 0 bridgehead atoms. The molecule has 0 aromatic rings. The number of aliphatic hydroxyl groups is 3. The average Bonchev–Trinajstić information content (AvgIpc) is 3.29.